The minimum atomic E-state index is -3.89. The van der Waals surface area contributed by atoms with Crippen molar-refractivity contribution in [1.82, 2.24) is 25.1 Å². The number of carbonyl (C=O) groups is 1. The third kappa shape index (κ3) is 6.47. The average Bonchev–Trinajstić information content (AvgIpc) is 3.31. The molecule has 3 aromatic carbocycles. The van der Waals surface area contributed by atoms with Crippen molar-refractivity contribution in [1.29, 1.82) is 5.41 Å². The van der Waals surface area contributed by atoms with Crippen molar-refractivity contribution < 1.29 is 13.2 Å². The summed E-state index contributed by atoms with van der Waals surface area (Å²) in [5.41, 5.74) is 9.02. The van der Waals surface area contributed by atoms with E-state index >= 15 is 0 Å². The second-order valence-corrected chi connectivity index (χ2v) is 10.3. The Morgan fingerprint density at radius 1 is 1.03 bits per heavy atom. The molecule has 196 valence electrons. The van der Waals surface area contributed by atoms with Crippen molar-refractivity contribution in [2.45, 2.75) is 24.3 Å². The van der Waals surface area contributed by atoms with Crippen LogP contribution in [-0.4, -0.2) is 51.8 Å². The third-order valence-corrected chi connectivity index (χ3v) is 7.06. The first-order valence-corrected chi connectivity index (χ1v) is 13.3. The van der Waals surface area contributed by atoms with Gasteiger partial charge in [-0.1, -0.05) is 60.7 Å². The van der Waals surface area contributed by atoms with Crippen LogP contribution in [0.1, 0.15) is 22.5 Å². The van der Waals surface area contributed by atoms with Crippen LogP contribution in [0, 0.1) is 5.41 Å². The Kier molecular flexibility index (Phi) is 7.93. The van der Waals surface area contributed by atoms with Crippen molar-refractivity contribution in [2.75, 3.05) is 6.54 Å². The fourth-order valence-electron chi connectivity index (χ4n) is 4.09. The van der Waals surface area contributed by atoms with Gasteiger partial charge in [-0.25, -0.2) is 18.2 Å². The zero-order valence-electron chi connectivity index (χ0n) is 20.8. The molecule has 0 fully saturated rings. The number of tetrazole rings is 1. The Hall–Kier alpha value is -4.42. The number of primary sulfonamides is 1. The second-order valence-electron chi connectivity index (χ2n) is 8.81. The van der Waals surface area contributed by atoms with Crippen molar-refractivity contribution >= 4 is 21.8 Å². The molecule has 0 saturated heterocycles. The van der Waals surface area contributed by atoms with Gasteiger partial charge in [0, 0.05) is 37.7 Å². The second kappa shape index (κ2) is 11.3. The van der Waals surface area contributed by atoms with E-state index < -0.39 is 10.0 Å². The highest BCUT2D eigenvalue weighted by atomic mass is 32.2. The summed E-state index contributed by atoms with van der Waals surface area (Å²) in [4.78, 5) is 15.2. The van der Waals surface area contributed by atoms with Crippen LogP contribution in [0.3, 0.4) is 0 Å². The Morgan fingerprint density at radius 2 is 1.76 bits per heavy atom. The Labute approximate surface area is 220 Å². The van der Waals surface area contributed by atoms with E-state index in [2.05, 4.69) is 15.5 Å². The molecule has 0 radical (unpaired) electrons. The predicted molar refractivity (Wildman–Crippen MR) is 142 cm³/mol. The molecule has 4 aromatic rings. The number of carbonyl (C=O) groups excluding carboxylic acids is 1. The van der Waals surface area contributed by atoms with Gasteiger partial charge in [-0.2, -0.15) is 0 Å². The number of hydrogen-bond acceptors (Lipinski definition) is 7. The van der Waals surface area contributed by atoms with Crippen molar-refractivity contribution in [2.24, 2.45) is 17.9 Å². The zero-order chi connectivity index (χ0) is 27.3. The lowest BCUT2D eigenvalue weighted by Gasteiger charge is -2.23. The molecule has 0 atom stereocenters. The van der Waals surface area contributed by atoms with Crippen LogP contribution in [0.15, 0.2) is 77.7 Å². The molecule has 1 heterocycles. The molecule has 0 spiro atoms. The summed E-state index contributed by atoms with van der Waals surface area (Å²) in [6.45, 7) is 0.711. The van der Waals surface area contributed by atoms with Crippen molar-refractivity contribution in [3.8, 4) is 11.1 Å². The van der Waals surface area contributed by atoms with Crippen LogP contribution in [-0.2, 0) is 41.3 Å². The molecule has 1 aromatic heterocycles. The van der Waals surface area contributed by atoms with Gasteiger partial charge in [-0.05, 0) is 39.2 Å². The molecule has 0 saturated carbocycles. The molecule has 0 unspecified atom stereocenters. The fourth-order valence-corrected chi connectivity index (χ4v) is 4.85. The first-order valence-electron chi connectivity index (χ1n) is 11.8. The first-order chi connectivity index (χ1) is 18.1. The number of rotatable bonds is 10. The molecule has 0 aliphatic heterocycles. The minimum absolute atomic E-state index is 0.0426. The number of sulfonamides is 1. The molecule has 11 nitrogen and oxygen atoms in total. The number of nitrogen functional groups attached to an aromatic ring is 1. The molecule has 12 heteroatoms. The highest BCUT2D eigenvalue weighted by Crippen LogP contribution is 2.27. The summed E-state index contributed by atoms with van der Waals surface area (Å²) >= 11 is 0. The van der Waals surface area contributed by atoms with Gasteiger partial charge in [-0.15, -0.1) is 5.10 Å². The maximum absolute atomic E-state index is 13.4. The molecule has 5 N–H and O–H groups in total. The summed E-state index contributed by atoms with van der Waals surface area (Å²) in [5.74, 6) is 0.503. The Bertz CT molecular complexity index is 1570. The van der Waals surface area contributed by atoms with Crippen LogP contribution in [0.4, 0.5) is 0 Å². The van der Waals surface area contributed by atoms with Crippen LogP contribution >= 0.6 is 0 Å². The topological polar surface area (TPSA) is 174 Å². The number of nitrogens with zero attached hydrogens (tertiary/aromatic N) is 5. The van der Waals surface area contributed by atoms with E-state index in [1.54, 1.807) is 77.3 Å². The van der Waals surface area contributed by atoms with Gasteiger partial charge in [0.2, 0.25) is 15.9 Å². The molecule has 0 bridgehead atoms. The minimum Gasteiger partial charge on any atom is -0.384 e. The first kappa shape index (κ1) is 26.6. The number of amides is 1. The zero-order valence-corrected chi connectivity index (χ0v) is 21.6. The standard InChI is InChI=1S/C26H28N8O3S/c1-33-24(30-31-32-33)13-14-34(17-19-5-4-6-21(15-19)26(27)28)25(35)16-18-9-11-20(12-10-18)22-7-2-3-8-23(22)38(29,36)37/h2-12,15H,13-14,16-17H2,1H3,(H3,27,28)(H2,29,36,37). The number of nitrogens with one attached hydrogen (secondary N) is 1. The highest BCUT2D eigenvalue weighted by molar-refractivity contribution is 7.89. The number of hydrogen-bond donors (Lipinski definition) is 3. The van der Waals surface area contributed by atoms with Crippen molar-refractivity contribution in [3.05, 3.63) is 95.3 Å². The highest BCUT2D eigenvalue weighted by Gasteiger charge is 2.18. The third-order valence-electron chi connectivity index (χ3n) is 6.09. The molecule has 38 heavy (non-hydrogen) atoms. The van der Waals surface area contributed by atoms with Crippen LogP contribution < -0.4 is 10.9 Å². The number of aryl methyl sites for hydroxylation is 1. The number of benzene rings is 3. The quantitative estimate of drug-likeness (QED) is 0.205. The van der Waals surface area contributed by atoms with Crippen LogP contribution in [0.25, 0.3) is 11.1 Å². The summed E-state index contributed by atoms with van der Waals surface area (Å²) in [5, 5.41) is 24.6. The number of aromatic nitrogens is 4. The number of amidine groups is 1. The van der Waals surface area contributed by atoms with E-state index in [-0.39, 0.29) is 23.1 Å². The number of nitrogens with two attached hydrogens (primary N) is 2. The maximum Gasteiger partial charge on any atom is 0.238 e. The molecule has 1 amide bonds. The maximum atomic E-state index is 13.4. The van der Waals surface area contributed by atoms with E-state index in [9.17, 15) is 13.2 Å². The SMILES string of the molecule is Cn1nnnc1CCN(Cc1cccc(C(=N)N)c1)C(=O)Cc1ccc(-c2ccccc2S(N)(=O)=O)cc1. The lowest BCUT2D eigenvalue weighted by atomic mass is 10.0. The lowest BCUT2D eigenvalue weighted by Crippen LogP contribution is -2.34. The van der Waals surface area contributed by atoms with Gasteiger partial charge in [-0.3, -0.25) is 10.2 Å². The van der Waals surface area contributed by atoms with Crippen LogP contribution in [0.2, 0.25) is 0 Å². The average molecular weight is 533 g/mol. The summed E-state index contributed by atoms with van der Waals surface area (Å²) < 4.78 is 25.5. The Balaban J connectivity index is 1.54. The van der Waals surface area contributed by atoms with E-state index in [0.717, 1.165) is 11.1 Å². The van der Waals surface area contributed by atoms with Gasteiger partial charge >= 0.3 is 0 Å². The summed E-state index contributed by atoms with van der Waals surface area (Å²) in [6.07, 6.45) is 0.603. The van der Waals surface area contributed by atoms with E-state index in [1.165, 1.54) is 6.07 Å². The molecular formula is C26H28N8O3S. The van der Waals surface area contributed by atoms with E-state index in [4.69, 9.17) is 16.3 Å². The summed E-state index contributed by atoms with van der Waals surface area (Å²) in [7, 11) is -2.14. The molecule has 0 aliphatic rings. The Morgan fingerprint density at radius 3 is 2.42 bits per heavy atom. The van der Waals surface area contributed by atoms with E-state index in [0.29, 0.717) is 42.0 Å². The summed E-state index contributed by atoms with van der Waals surface area (Å²) in [6, 6.07) is 20.9. The largest absolute Gasteiger partial charge is 0.384 e. The predicted octanol–water partition coefficient (Wildman–Crippen LogP) is 1.62. The molecular weight excluding hydrogens is 504 g/mol. The molecule has 4 rings (SSSR count). The van der Waals surface area contributed by atoms with Gasteiger partial charge < -0.3 is 10.6 Å². The van der Waals surface area contributed by atoms with Gasteiger partial charge in [0.1, 0.15) is 5.84 Å². The normalized spacial score (nSPS) is 11.3. The monoisotopic (exact) mass is 532 g/mol. The lowest BCUT2D eigenvalue weighted by molar-refractivity contribution is -0.131. The van der Waals surface area contributed by atoms with Crippen molar-refractivity contribution in [3.63, 3.8) is 0 Å². The van der Waals surface area contributed by atoms with Crippen LogP contribution in [0.5, 0.6) is 0 Å². The van der Waals surface area contributed by atoms with Gasteiger partial charge in [0.15, 0.2) is 5.82 Å². The fraction of sp³-hybridized carbons (Fsp3) is 0.192. The smallest absolute Gasteiger partial charge is 0.238 e. The van der Waals surface area contributed by atoms with Gasteiger partial charge in [0.25, 0.3) is 0 Å². The van der Waals surface area contributed by atoms with E-state index in [1.807, 2.05) is 6.07 Å². The molecule has 0 aliphatic carbocycles. The van der Waals surface area contributed by atoms with Gasteiger partial charge in [0.05, 0.1) is 11.3 Å².